The number of allylic oxidation sites excluding steroid dienone is 1. The summed E-state index contributed by atoms with van der Waals surface area (Å²) in [6, 6.07) is 0. The summed E-state index contributed by atoms with van der Waals surface area (Å²) in [5.41, 5.74) is 1.72. The largest absolute Gasteiger partial charge is 0.389 e. The van der Waals surface area contributed by atoms with Crippen molar-refractivity contribution in [2.75, 3.05) is 0 Å². The van der Waals surface area contributed by atoms with Crippen molar-refractivity contribution in [2.24, 2.45) is 0 Å². The fourth-order valence-corrected chi connectivity index (χ4v) is 0.753. The molecule has 60 valence electrons. The number of hydrogen-bond donors (Lipinski definition) is 1. The third kappa shape index (κ3) is 5.44. The van der Waals surface area contributed by atoms with Crippen LogP contribution in [0.1, 0.15) is 20.3 Å². The molecule has 0 aliphatic rings. The highest BCUT2D eigenvalue weighted by atomic mass is 16.3. The van der Waals surface area contributed by atoms with Gasteiger partial charge in [0.2, 0.25) is 0 Å². The Morgan fingerprint density at radius 2 is 2.27 bits per heavy atom. The van der Waals surface area contributed by atoms with Crippen LogP contribution in [-0.4, -0.2) is 11.2 Å². The highest BCUT2D eigenvalue weighted by Crippen LogP contribution is 2.04. The lowest BCUT2D eigenvalue weighted by Crippen LogP contribution is -2.02. The Bertz CT molecular complexity index is 205. The Balaban J connectivity index is 3.98. The quantitative estimate of drug-likeness (QED) is 0.481. The molecule has 1 nitrogen and oxygen atoms in total. The summed E-state index contributed by atoms with van der Waals surface area (Å²) in [6.45, 7) is 7.36. The van der Waals surface area contributed by atoms with Crippen LogP contribution in [0, 0.1) is 12.3 Å². The first-order valence-electron chi connectivity index (χ1n) is 3.53. The van der Waals surface area contributed by atoms with Gasteiger partial charge in [0.25, 0.3) is 0 Å². The predicted molar refractivity (Wildman–Crippen MR) is 48.0 cm³/mol. The van der Waals surface area contributed by atoms with Crippen molar-refractivity contribution in [1.82, 2.24) is 0 Å². The number of rotatable bonds is 3. The first kappa shape index (κ1) is 10.0. The SMILES string of the molecule is C#C/C(C)=C\C(O)CC(=C)C. The summed E-state index contributed by atoms with van der Waals surface area (Å²) in [5, 5.41) is 9.29. The van der Waals surface area contributed by atoms with E-state index in [9.17, 15) is 5.11 Å². The smallest absolute Gasteiger partial charge is 0.0769 e. The van der Waals surface area contributed by atoms with E-state index in [-0.39, 0.29) is 0 Å². The van der Waals surface area contributed by atoms with Crippen LogP contribution >= 0.6 is 0 Å². The maximum Gasteiger partial charge on any atom is 0.0769 e. The zero-order chi connectivity index (χ0) is 8.85. The summed E-state index contributed by atoms with van der Waals surface area (Å²) < 4.78 is 0. The second-order valence-corrected chi connectivity index (χ2v) is 2.72. The summed E-state index contributed by atoms with van der Waals surface area (Å²) in [7, 11) is 0. The molecule has 0 rings (SSSR count). The van der Waals surface area contributed by atoms with Gasteiger partial charge in [-0.3, -0.25) is 0 Å². The van der Waals surface area contributed by atoms with E-state index in [1.807, 2.05) is 6.92 Å². The number of aliphatic hydroxyl groups excluding tert-OH is 1. The minimum atomic E-state index is -0.483. The van der Waals surface area contributed by atoms with Gasteiger partial charge in [-0.15, -0.1) is 13.0 Å². The minimum absolute atomic E-state index is 0.483. The van der Waals surface area contributed by atoms with Crippen molar-refractivity contribution in [3.05, 3.63) is 23.8 Å². The van der Waals surface area contributed by atoms with E-state index < -0.39 is 6.10 Å². The second kappa shape index (κ2) is 4.76. The molecule has 0 aromatic rings. The highest BCUT2D eigenvalue weighted by molar-refractivity contribution is 5.24. The van der Waals surface area contributed by atoms with E-state index in [1.165, 1.54) is 0 Å². The molecular formula is C10H14O. The third-order valence-electron chi connectivity index (χ3n) is 1.23. The summed E-state index contributed by atoms with van der Waals surface area (Å²) in [5.74, 6) is 2.44. The molecule has 1 atom stereocenters. The van der Waals surface area contributed by atoms with E-state index in [0.717, 1.165) is 11.1 Å². The van der Waals surface area contributed by atoms with Gasteiger partial charge in [-0.2, -0.15) is 0 Å². The maximum atomic E-state index is 9.29. The Morgan fingerprint density at radius 3 is 2.64 bits per heavy atom. The third-order valence-corrected chi connectivity index (χ3v) is 1.23. The first-order chi connectivity index (χ1) is 5.06. The van der Waals surface area contributed by atoms with Gasteiger partial charge in [-0.1, -0.05) is 11.5 Å². The topological polar surface area (TPSA) is 20.2 Å². The van der Waals surface area contributed by atoms with Crippen molar-refractivity contribution >= 4 is 0 Å². The molecule has 0 aliphatic heterocycles. The van der Waals surface area contributed by atoms with Crippen LogP contribution in [0.3, 0.4) is 0 Å². The molecule has 0 aromatic carbocycles. The predicted octanol–water partition coefficient (Wildman–Crippen LogP) is 1.89. The molecule has 0 aliphatic carbocycles. The molecule has 0 heterocycles. The van der Waals surface area contributed by atoms with Crippen molar-refractivity contribution in [1.29, 1.82) is 0 Å². The van der Waals surface area contributed by atoms with E-state index >= 15 is 0 Å². The van der Waals surface area contributed by atoms with Crippen LogP contribution in [0.25, 0.3) is 0 Å². The lowest BCUT2D eigenvalue weighted by molar-refractivity contribution is 0.223. The van der Waals surface area contributed by atoms with Crippen molar-refractivity contribution in [3.8, 4) is 12.3 Å². The van der Waals surface area contributed by atoms with Gasteiger partial charge in [0.15, 0.2) is 0 Å². The number of terminal acetylenes is 1. The van der Waals surface area contributed by atoms with Crippen molar-refractivity contribution in [3.63, 3.8) is 0 Å². The van der Waals surface area contributed by atoms with Gasteiger partial charge in [0.05, 0.1) is 6.10 Å². The second-order valence-electron chi connectivity index (χ2n) is 2.72. The first-order valence-corrected chi connectivity index (χ1v) is 3.53. The Kier molecular flexibility index (Phi) is 4.33. The normalized spacial score (nSPS) is 13.8. The monoisotopic (exact) mass is 150 g/mol. The standard InChI is InChI=1S/C10H14O/c1-5-9(4)7-10(11)6-8(2)3/h1,7,10-11H,2,6H2,3-4H3/b9-7-. The van der Waals surface area contributed by atoms with E-state index in [1.54, 1.807) is 13.0 Å². The van der Waals surface area contributed by atoms with Gasteiger partial charge in [0.1, 0.15) is 0 Å². The molecule has 11 heavy (non-hydrogen) atoms. The van der Waals surface area contributed by atoms with Crippen LogP contribution < -0.4 is 0 Å². The fraction of sp³-hybridized carbons (Fsp3) is 0.400. The van der Waals surface area contributed by atoms with Gasteiger partial charge >= 0.3 is 0 Å². The van der Waals surface area contributed by atoms with Gasteiger partial charge in [-0.05, 0) is 31.9 Å². The average Bonchev–Trinajstić information content (AvgIpc) is 1.85. The number of hydrogen-bond acceptors (Lipinski definition) is 1. The molecule has 0 amide bonds. The molecule has 0 bridgehead atoms. The Hall–Kier alpha value is -1.00. The fourth-order valence-electron chi connectivity index (χ4n) is 0.753. The van der Waals surface area contributed by atoms with Gasteiger partial charge in [-0.25, -0.2) is 0 Å². The summed E-state index contributed by atoms with van der Waals surface area (Å²) >= 11 is 0. The molecule has 0 radical (unpaired) electrons. The Labute approximate surface area is 68.4 Å². The molecule has 0 saturated heterocycles. The van der Waals surface area contributed by atoms with Crippen LogP contribution in [-0.2, 0) is 0 Å². The molecule has 0 spiro atoms. The highest BCUT2D eigenvalue weighted by Gasteiger charge is 1.98. The van der Waals surface area contributed by atoms with Crippen LogP contribution in [0.15, 0.2) is 23.8 Å². The van der Waals surface area contributed by atoms with E-state index in [2.05, 4.69) is 12.5 Å². The van der Waals surface area contributed by atoms with Crippen LogP contribution in [0.5, 0.6) is 0 Å². The zero-order valence-electron chi connectivity index (χ0n) is 7.09. The molecule has 1 heteroatoms. The van der Waals surface area contributed by atoms with Crippen molar-refractivity contribution < 1.29 is 5.11 Å². The molecule has 1 N–H and O–H groups in total. The molecule has 0 aromatic heterocycles. The van der Waals surface area contributed by atoms with Crippen molar-refractivity contribution in [2.45, 2.75) is 26.4 Å². The minimum Gasteiger partial charge on any atom is -0.389 e. The lowest BCUT2D eigenvalue weighted by atomic mass is 10.1. The van der Waals surface area contributed by atoms with Crippen LogP contribution in [0.2, 0.25) is 0 Å². The van der Waals surface area contributed by atoms with Crippen LogP contribution in [0.4, 0.5) is 0 Å². The molecule has 1 unspecified atom stereocenters. The summed E-state index contributed by atoms with van der Waals surface area (Å²) in [4.78, 5) is 0. The summed E-state index contributed by atoms with van der Waals surface area (Å²) in [6.07, 6.45) is 6.86. The Morgan fingerprint density at radius 1 is 1.73 bits per heavy atom. The van der Waals surface area contributed by atoms with Gasteiger partial charge in [0, 0.05) is 0 Å². The maximum absolute atomic E-state index is 9.29. The average molecular weight is 150 g/mol. The zero-order valence-corrected chi connectivity index (χ0v) is 7.09. The van der Waals surface area contributed by atoms with Gasteiger partial charge < -0.3 is 5.11 Å². The lowest BCUT2D eigenvalue weighted by Gasteiger charge is -2.04. The number of aliphatic hydroxyl groups is 1. The molecular weight excluding hydrogens is 136 g/mol. The molecule has 0 fully saturated rings. The van der Waals surface area contributed by atoms with E-state index in [0.29, 0.717) is 6.42 Å². The molecule has 0 saturated carbocycles. The van der Waals surface area contributed by atoms with E-state index in [4.69, 9.17) is 6.42 Å².